The summed E-state index contributed by atoms with van der Waals surface area (Å²) in [7, 11) is 0. The van der Waals surface area contributed by atoms with Gasteiger partial charge in [0.15, 0.2) is 5.78 Å². The molecule has 164 valence electrons. The summed E-state index contributed by atoms with van der Waals surface area (Å²) in [6.45, 7) is 1.19. The van der Waals surface area contributed by atoms with Crippen LogP contribution in [0.4, 0.5) is 13.6 Å². The smallest absolute Gasteiger partial charge is 0.325 e. The lowest BCUT2D eigenvalue weighted by Gasteiger charge is -2.34. The topological polar surface area (TPSA) is 99.6 Å². The van der Waals surface area contributed by atoms with Crippen molar-refractivity contribution >= 4 is 29.1 Å². The summed E-state index contributed by atoms with van der Waals surface area (Å²) in [5, 5.41) is 12.1. The van der Waals surface area contributed by atoms with E-state index in [9.17, 15) is 28.3 Å². The molecule has 7 nitrogen and oxygen atoms in total. The van der Waals surface area contributed by atoms with Crippen LogP contribution in [-0.2, 0) is 11.4 Å². The van der Waals surface area contributed by atoms with Gasteiger partial charge in [-0.15, -0.1) is 11.3 Å². The maximum atomic E-state index is 13.5. The highest BCUT2D eigenvalue weighted by Crippen LogP contribution is 2.41. The van der Waals surface area contributed by atoms with E-state index in [4.69, 9.17) is 0 Å². The normalized spacial score (nSPS) is 19.7. The van der Waals surface area contributed by atoms with Crippen molar-refractivity contribution in [1.29, 1.82) is 0 Å². The molecule has 2 fully saturated rings. The first-order valence-electron chi connectivity index (χ1n) is 9.85. The number of aliphatic hydroxyl groups is 1. The predicted octanol–water partition coefficient (Wildman–Crippen LogP) is 3.29. The monoisotopic (exact) mass is 449 g/mol. The van der Waals surface area contributed by atoms with Crippen molar-refractivity contribution in [3.05, 3.63) is 40.5 Å². The molecule has 2 N–H and O–H groups in total. The quantitative estimate of drug-likeness (QED) is 0.539. The van der Waals surface area contributed by atoms with Crippen LogP contribution < -0.4 is 5.32 Å². The van der Waals surface area contributed by atoms with Crippen molar-refractivity contribution in [3.8, 4) is 10.4 Å². The van der Waals surface area contributed by atoms with Crippen molar-refractivity contribution in [2.24, 2.45) is 0 Å². The lowest BCUT2D eigenvalue weighted by atomic mass is 9.80. The zero-order chi connectivity index (χ0) is 22.4. The molecule has 31 heavy (non-hydrogen) atoms. The van der Waals surface area contributed by atoms with E-state index in [0.717, 1.165) is 15.3 Å². The van der Waals surface area contributed by atoms with Gasteiger partial charge in [0.1, 0.15) is 5.54 Å². The molecule has 0 radical (unpaired) electrons. The summed E-state index contributed by atoms with van der Waals surface area (Å²) < 4.78 is 27.0. The first-order valence-corrected chi connectivity index (χ1v) is 10.7. The molecule has 4 rings (SSSR count). The molecule has 0 bridgehead atoms. The number of aromatic nitrogens is 1. The SMILES string of the molecule is Cc1cc(C(=O)CN2C(=O)NC3(CCC(F)(F)CC3)C2=O)sc1-c1cnccc1CO. The number of urea groups is 1. The number of hydrogen-bond acceptors (Lipinski definition) is 6. The first-order chi connectivity index (χ1) is 14.7. The van der Waals surface area contributed by atoms with Gasteiger partial charge < -0.3 is 10.4 Å². The van der Waals surface area contributed by atoms with Crippen molar-refractivity contribution in [2.45, 2.75) is 50.7 Å². The molecule has 2 aromatic rings. The molecule has 1 saturated heterocycles. The van der Waals surface area contributed by atoms with Crippen molar-refractivity contribution in [1.82, 2.24) is 15.2 Å². The molecule has 1 aliphatic carbocycles. The number of amides is 3. The van der Waals surface area contributed by atoms with E-state index in [-0.39, 0.29) is 19.4 Å². The minimum atomic E-state index is -2.84. The van der Waals surface area contributed by atoms with Crippen molar-refractivity contribution in [2.75, 3.05) is 6.54 Å². The number of carbonyl (C=O) groups excluding carboxylic acids is 3. The molecule has 2 aliphatic rings. The maximum absolute atomic E-state index is 13.5. The molecule has 1 spiro atoms. The fourth-order valence-corrected chi connectivity index (χ4v) is 5.22. The first kappa shape index (κ1) is 21.5. The van der Waals surface area contributed by atoms with E-state index in [2.05, 4.69) is 10.3 Å². The molecule has 3 heterocycles. The minimum absolute atomic E-state index is 0.150. The Morgan fingerprint density at radius 3 is 2.68 bits per heavy atom. The molecule has 10 heteroatoms. The largest absolute Gasteiger partial charge is 0.392 e. The van der Waals surface area contributed by atoms with Crippen LogP contribution >= 0.6 is 11.3 Å². The van der Waals surface area contributed by atoms with Crippen LogP contribution in [0.5, 0.6) is 0 Å². The summed E-state index contributed by atoms with van der Waals surface area (Å²) in [5.41, 5.74) is 0.841. The molecule has 2 aromatic heterocycles. The van der Waals surface area contributed by atoms with Gasteiger partial charge in [-0.05, 0) is 43.0 Å². The second-order valence-corrected chi connectivity index (χ2v) is 9.05. The number of Topliss-reactive ketones (excluding diaryl/α,β-unsaturated/α-hetero) is 1. The Hall–Kier alpha value is -2.72. The minimum Gasteiger partial charge on any atom is -0.392 e. The molecule has 0 atom stereocenters. The van der Waals surface area contributed by atoms with Gasteiger partial charge in [0.05, 0.1) is 18.0 Å². The van der Waals surface area contributed by atoms with Crippen LogP contribution in [0, 0.1) is 6.92 Å². The summed E-state index contributed by atoms with van der Waals surface area (Å²) in [6, 6.07) is 2.63. The molecule has 0 unspecified atom stereocenters. The van der Waals surface area contributed by atoms with Crippen LogP contribution in [0.15, 0.2) is 24.5 Å². The highest BCUT2D eigenvalue weighted by Gasteiger charge is 2.55. The number of aryl methyl sites for hydroxylation is 1. The summed E-state index contributed by atoms with van der Waals surface area (Å²) in [5.74, 6) is -3.88. The lowest BCUT2D eigenvalue weighted by molar-refractivity contribution is -0.135. The molecular formula is C21H21F2N3O4S. The average Bonchev–Trinajstić information content (AvgIpc) is 3.23. The number of rotatable bonds is 5. The van der Waals surface area contributed by atoms with Gasteiger partial charge in [-0.1, -0.05) is 0 Å². The zero-order valence-electron chi connectivity index (χ0n) is 16.8. The van der Waals surface area contributed by atoms with Crippen molar-refractivity contribution in [3.63, 3.8) is 0 Å². The van der Waals surface area contributed by atoms with Crippen LogP contribution in [0.1, 0.15) is 46.5 Å². The number of pyridine rings is 1. The van der Waals surface area contributed by atoms with Crippen LogP contribution in [0.2, 0.25) is 0 Å². The second kappa shape index (κ2) is 7.76. The number of thiophene rings is 1. The standard InChI is InChI=1S/C21H21F2N3O4S/c1-12-8-16(31-17(12)14-9-24-7-2-13(14)11-27)15(28)10-26-18(29)20(25-19(26)30)3-5-21(22,23)6-4-20/h2,7-9,27H,3-6,10-11H2,1H3,(H,25,30). The van der Waals surface area contributed by atoms with Gasteiger partial charge in [0.25, 0.3) is 5.91 Å². The average molecular weight is 449 g/mol. The number of alkyl halides is 2. The van der Waals surface area contributed by atoms with E-state index < -0.39 is 48.6 Å². The number of imide groups is 1. The van der Waals surface area contributed by atoms with Gasteiger partial charge in [-0.3, -0.25) is 19.5 Å². The van der Waals surface area contributed by atoms with E-state index in [1.807, 2.05) is 6.92 Å². The Bertz CT molecular complexity index is 1060. The van der Waals surface area contributed by atoms with E-state index in [1.54, 1.807) is 24.5 Å². The number of halogens is 2. The van der Waals surface area contributed by atoms with Crippen molar-refractivity contribution < 1.29 is 28.3 Å². The molecule has 3 amide bonds. The second-order valence-electron chi connectivity index (χ2n) is 8.00. The number of ketones is 1. The fraction of sp³-hybridized carbons (Fsp3) is 0.429. The number of nitrogens with zero attached hydrogens (tertiary/aromatic N) is 2. The Kier molecular flexibility index (Phi) is 5.38. The molecular weight excluding hydrogens is 428 g/mol. The Balaban J connectivity index is 1.53. The van der Waals surface area contributed by atoms with Gasteiger partial charge in [-0.2, -0.15) is 0 Å². The molecule has 1 aliphatic heterocycles. The van der Waals surface area contributed by atoms with Gasteiger partial charge in [0, 0.05) is 35.7 Å². The van der Waals surface area contributed by atoms with E-state index in [1.165, 1.54) is 11.3 Å². The number of carbonyl (C=O) groups is 3. The summed E-state index contributed by atoms with van der Waals surface area (Å²) >= 11 is 1.19. The van der Waals surface area contributed by atoms with Gasteiger partial charge >= 0.3 is 6.03 Å². The third-order valence-corrected chi connectivity index (χ3v) is 7.21. The number of nitrogens with one attached hydrogen (secondary N) is 1. The zero-order valence-corrected chi connectivity index (χ0v) is 17.6. The Labute approximate surface area is 181 Å². The highest BCUT2D eigenvalue weighted by molar-refractivity contribution is 7.17. The van der Waals surface area contributed by atoms with Gasteiger partial charge in [0.2, 0.25) is 5.92 Å². The number of aliphatic hydroxyl groups excluding tert-OH is 1. The highest BCUT2D eigenvalue weighted by atomic mass is 32.1. The third-order valence-electron chi connectivity index (χ3n) is 5.90. The maximum Gasteiger partial charge on any atom is 0.325 e. The Morgan fingerprint density at radius 2 is 2.00 bits per heavy atom. The fourth-order valence-electron chi connectivity index (χ4n) is 4.08. The predicted molar refractivity (Wildman–Crippen MR) is 109 cm³/mol. The van der Waals surface area contributed by atoms with E-state index >= 15 is 0 Å². The van der Waals surface area contributed by atoms with Crippen LogP contribution in [-0.4, -0.2) is 50.7 Å². The summed E-state index contributed by atoms with van der Waals surface area (Å²) in [4.78, 5) is 44.1. The third kappa shape index (κ3) is 3.85. The van der Waals surface area contributed by atoms with E-state index in [0.29, 0.717) is 16.0 Å². The molecule has 1 saturated carbocycles. The van der Waals surface area contributed by atoms with Crippen LogP contribution in [0.25, 0.3) is 10.4 Å². The number of hydrogen-bond donors (Lipinski definition) is 2. The van der Waals surface area contributed by atoms with Gasteiger partial charge in [-0.25, -0.2) is 13.6 Å². The molecule has 0 aromatic carbocycles. The summed E-state index contributed by atoms with van der Waals surface area (Å²) in [6.07, 6.45) is 1.92. The Morgan fingerprint density at radius 1 is 1.29 bits per heavy atom. The van der Waals surface area contributed by atoms with Crippen LogP contribution in [0.3, 0.4) is 0 Å². The lowest BCUT2D eigenvalue weighted by Crippen LogP contribution is -2.51.